The first-order valence-electron chi connectivity index (χ1n) is 4.49. The van der Waals surface area contributed by atoms with Gasteiger partial charge in [0.2, 0.25) is 6.29 Å². The first-order valence-corrected chi connectivity index (χ1v) is 5.61. The summed E-state index contributed by atoms with van der Waals surface area (Å²) in [6.07, 6.45) is 3.58. The van der Waals surface area contributed by atoms with E-state index in [-0.39, 0.29) is 0 Å². The van der Waals surface area contributed by atoms with Gasteiger partial charge in [-0.25, -0.2) is 0 Å². The van der Waals surface area contributed by atoms with Crippen molar-refractivity contribution >= 4 is 15.9 Å². The van der Waals surface area contributed by atoms with Crippen molar-refractivity contribution in [3.8, 4) is 5.75 Å². The van der Waals surface area contributed by atoms with E-state index in [1.807, 2.05) is 18.2 Å². The van der Waals surface area contributed by atoms with Gasteiger partial charge in [0.05, 0.1) is 0 Å². The summed E-state index contributed by atoms with van der Waals surface area (Å²) in [6, 6.07) is 6.05. The molecule has 1 heterocycles. The molecule has 1 aliphatic heterocycles. The zero-order valence-electron chi connectivity index (χ0n) is 7.61. The third kappa shape index (κ3) is 1.99. The highest BCUT2D eigenvalue weighted by molar-refractivity contribution is 9.08. The van der Waals surface area contributed by atoms with Gasteiger partial charge in [0.25, 0.3) is 0 Å². The molecular formula is C11H11BrO2. The summed E-state index contributed by atoms with van der Waals surface area (Å²) in [5.41, 5.74) is 2.26. The molecule has 0 fully saturated rings. The van der Waals surface area contributed by atoms with Gasteiger partial charge in [-0.15, -0.1) is 0 Å². The lowest BCUT2D eigenvalue weighted by molar-refractivity contribution is 0.0252. The van der Waals surface area contributed by atoms with Crippen molar-refractivity contribution in [3.63, 3.8) is 0 Å². The quantitative estimate of drug-likeness (QED) is 0.616. The number of allylic oxidation sites excluding steroid dienone is 1. The molecule has 0 saturated carbocycles. The van der Waals surface area contributed by atoms with Crippen LogP contribution < -0.4 is 4.74 Å². The Bertz CT molecular complexity index is 360. The fourth-order valence-corrected chi connectivity index (χ4v) is 1.79. The molecule has 0 bridgehead atoms. The fraction of sp³-hybridized carbons (Fsp3) is 0.273. The summed E-state index contributed by atoms with van der Waals surface area (Å²) in [5, 5.41) is 10.2. The van der Waals surface area contributed by atoms with E-state index >= 15 is 0 Å². The Morgan fingerprint density at radius 2 is 2.36 bits per heavy atom. The molecule has 0 saturated heterocycles. The molecule has 1 unspecified atom stereocenters. The summed E-state index contributed by atoms with van der Waals surface area (Å²) in [4.78, 5) is 0. The van der Waals surface area contributed by atoms with Gasteiger partial charge in [0.15, 0.2) is 0 Å². The molecule has 0 aromatic heterocycles. The maximum absolute atomic E-state index is 9.38. The zero-order valence-corrected chi connectivity index (χ0v) is 9.20. The van der Waals surface area contributed by atoms with Crippen LogP contribution in [0.4, 0.5) is 0 Å². The van der Waals surface area contributed by atoms with Crippen LogP contribution in [-0.4, -0.2) is 11.4 Å². The van der Waals surface area contributed by atoms with E-state index in [9.17, 15) is 5.11 Å². The van der Waals surface area contributed by atoms with Gasteiger partial charge in [0.1, 0.15) is 5.75 Å². The molecule has 2 nitrogen and oxygen atoms in total. The summed E-state index contributed by atoms with van der Waals surface area (Å²) in [6.45, 7) is 0. The number of rotatable bonds is 1. The van der Waals surface area contributed by atoms with Crippen molar-refractivity contribution in [3.05, 3.63) is 41.5 Å². The van der Waals surface area contributed by atoms with Gasteiger partial charge in [-0.3, -0.25) is 0 Å². The smallest absolute Gasteiger partial charge is 0.217 e. The molecule has 1 N–H and O–H groups in total. The van der Waals surface area contributed by atoms with Crippen molar-refractivity contribution < 1.29 is 9.84 Å². The number of fused-ring (bicyclic) bond motifs is 1. The lowest BCUT2D eigenvalue weighted by Gasteiger charge is -2.11. The van der Waals surface area contributed by atoms with Crippen LogP contribution in [0.5, 0.6) is 5.75 Å². The van der Waals surface area contributed by atoms with Gasteiger partial charge < -0.3 is 9.84 Å². The monoisotopic (exact) mass is 254 g/mol. The molecule has 3 heteroatoms. The third-order valence-corrected chi connectivity index (χ3v) is 2.82. The molecule has 1 aliphatic rings. The molecule has 14 heavy (non-hydrogen) atoms. The van der Waals surface area contributed by atoms with Crippen molar-refractivity contribution in [1.82, 2.24) is 0 Å². The van der Waals surface area contributed by atoms with E-state index in [1.165, 1.54) is 0 Å². The molecule has 0 spiro atoms. The molecule has 1 atom stereocenters. The van der Waals surface area contributed by atoms with Crippen molar-refractivity contribution in [1.29, 1.82) is 0 Å². The average Bonchev–Trinajstić information content (AvgIpc) is 2.37. The first kappa shape index (κ1) is 9.74. The van der Waals surface area contributed by atoms with Gasteiger partial charge in [-0.1, -0.05) is 34.1 Å². The molecule has 74 valence electrons. The normalized spacial score (nSPS) is 19.7. The second-order valence-electron chi connectivity index (χ2n) is 3.22. The van der Waals surface area contributed by atoms with E-state index in [1.54, 1.807) is 6.08 Å². The van der Waals surface area contributed by atoms with E-state index in [4.69, 9.17) is 4.74 Å². The van der Waals surface area contributed by atoms with Crippen molar-refractivity contribution in [2.45, 2.75) is 18.0 Å². The van der Waals surface area contributed by atoms with Gasteiger partial charge >= 0.3 is 0 Å². The SMILES string of the molecule is OC1C=CCc2ccc(CBr)cc2O1. The van der Waals surface area contributed by atoms with Crippen molar-refractivity contribution in [2.24, 2.45) is 0 Å². The van der Waals surface area contributed by atoms with Gasteiger partial charge in [0, 0.05) is 5.33 Å². The number of benzene rings is 1. The van der Waals surface area contributed by atoms with Crippen LogP contribution in [0, 0.1) is 0 Å². The molecule has 0 amide bonds. The predicted molar refractivity (Wildman–Crippen MR) is 58.6 cm³/mol. The average molecular weight is 255 g/mol. The number of halogens is 1. The highest BCUT2D eigenvalue weighted by Gasteiger charge is 2.10. The number of aliphatic hydroxyl groups excluding tert-OH is 1. The number of hydrogen-bond acceptors (Lipinski definition) is 2. The minimum absolute atomic E-state index is 0.777. The van der Waals surface area contributed by atoms with E-state index in [0.717, 1.165) is 28.6 Å². The topological polar surface area (TPSA) is 29.5 Å². The first-order chi connectivity index (χ1) is 6.79. The highest BCUT2D eigenvalue weighted by Crippen LogP contribution is 2.25. The van der Waals surface area contributed by atoms with Crippen molar-refractivity contribution in [2.75, 3.05) is 0 Å². The Kier molecular flexibility index (Phi) is 2.89. The maximum Gasteiger partial charge on any atom is 0.217 e. The number of ether oxygens (including phenoxy) is 1. The van der Waals surface area contributed by atoms with E-state index in [2.05, 4.69) is 22.0 Å². The summed E-state index contributed by atoms with van der Waals surface area (Å²) in [7, 11) is 0. The van der Waals surface area contributed by atoms with Crippen LogP contribution >= 0.6 is 15.9 Å². The molecule has 1 aromatic carbocycles. The van der Waals surface area contributed by atoms with Crippen LogP contribution in [0.15, 0.2) is 30.4 Å². The molecule has 0 aliphatic carbocycles. The van der Waals surface area contributed by atoms with Crippen LogP contribution in [-0.2, 0) is 11.8 Å². The molecule has 1 aromatic rings. The Morgan fingerprint density at radius 1 is 1.50 bits per heavy atom. The summed E-state index contributed by atoms with van der Waals surface area (Å²) in [5.74, 6) is 0.777. The minimum atomic E-state index is -0.818. The molecule has 0 radical (unpaired) electrons. The maximum atomic E-state index is 9.38. The standard InChI is InChI=1S/C11H11BrO2/c12-7-8-4-5-9-2-1-3-11(13)14-10(9)6-8/h1,3-6,11,13H,2,7H2. The molecule has 2 rings (SSSR count). The fourth-order valence-electron chi connectivity index (χ4n) is 1.44. The summed E-state index contributed by atoms with van der Waals surface area (Å²) < 4.78 is 5.35. The van der Waals surface area contributed by atoms with Crippen LogP contribution in [0.1, 0.15) is 11.1 Å². The van der Waals surface area contributed by atoms with Crippen LogP contribution in [0.3, 0.4) is 0 Å². The van der Waals surface area contributed by atoms with Crippen LogP contribution in [0.2, 0.25) is 0 Å². The Labute approximate surface area is 91.3 Å². The predicted octanol–water partition coefficient (Wildman–Crippen LogP) is 2.39. The number of alkyl halides is 1. The lowest BCUT2D eigenvalue weighted by atomic mass is 10.1. The highest BCUT2D eigenvalue weighted by atomic mass is 79.9. The molecular weight excluding hydrogens is 244 g/mol. The Balaban J connectivity index is 2.36. The zero-order chi connectivity index (χ0) is 9.97. The van der Waals surface area contributed by atoms with E-state index < -0.39 is 6.29 Å². The minimum Gasteiger partial charge on any atom is -0.461 e. The largest absolute Gasteiger partial charge is 0.461 e. The number of aliphatic hydroxyl groups is 1. The summed E-state index contributed by atoms with van der Waals surface area (Å²) >= 11 is 3.39. The van der Waals surface area contributed by atoms with Crippen LogP contribution in [0.25, 0.3) is 0 Å². The Hall–Kier alpha value is -0.800. The third-order valence-electron chi connectivity index (χ3n) is 2.17. The second kappa shape index (κ2) is 4.15. The van der Waals surface area contributed by atoms with Gasteiger partial charge in [-0.2, -0.15) is 0 Å². The lowest BCUT2D eigenvalue weighted by Crippen LogP contribution is -2.11. The van der Waals surface area contributed by atoms with E-state index in [0.29, 0.717) is 0 Å². The Morgan fingerprint density at radius 3 is 3.14 bits per heavy atom. The second-order valence-corrected chi connectivity index (χ2v) is 3.78. The number of hydrogen-bond donors (Lipinski definition) is 1. The van der Waals surface area contributed by atoms with Gasteiger partial charge in [-0.05, 0) is 29.7 Å².